The number of ether oxygens (including phenoxy) is 1. The van der Waals surface area contributed by atoms with Crippen molar-refractivity contribution in [3.05, 3.63) is 23.7 Å². The smallest absolute Gasteiger partial charge is 0.257 e. The number of rotatable bonds is 4. The summed E-state index contributed by atoms with van der Waals surface area (Å²) in [4.78, 5) is 17.1. The molecular weight excluding hydrogens is 280 g/mol. The molecule has 1 amide bonds. The molecule has 3 fully saturated rings. The van der Waals surface area contributed by atoms with Gasteiger partial charge >= 0.3 is 0 Å². The zero-order chi connectivity index (χ0) is 15.1. The molecule has 5 heteroatoms. The van der Waals surface area contributed by atoms with Gasteiger partial charge in [-0.2, -0.15) is 0 Å². The van der Waals surface area contributed by atoms with Gasteiger partial charge in [-0.1, -0.05) is 0 Å². The summed E-state index contributed by atoms with van der Waals surface area (Å²) >= 11 is 0. The van der Waals surface area contributed by atoms with E-state index in [2.05, 4.69) is 4.90 Å². The van der Waals surface area contributed by atoms with Crippen molar-refractivity contribution in [3.63, 3.8) is 0 Å². The second-order valence-corrected chi connectivity index (χ2v) is 6.92. The van der Waals surface area contributed by atoms with Crippen LogP contribution in [-0.4, -0.2) is 60.6 Å². The summed E-state index contributed by atoms with van der Waals surface area (Å²) in [6.45, 7) is 6.38. The summed E-state index contributed by atoms with van der Waals surface area (Å²) in [5.41, 5.74) is 0.702. The number of fused-ring (bicyclic) bond motifs is 1. The van der Waals surface area contributed by atoms with Gasteiger partial charge in [0.25, 0.3) is 5.91 Å². The van der Waals surface area contributed by atoms with Crippen molar-refractivity contribution in [2.45, 2.75) is 38.3 Å². The first kappa shape index (κ1) is 14.3. The molecule has 1 aliphatic carbocycles. The number of aryl methyl sites for hydroxylation is 1. The van der Waals surface area contributed by atoms with Gasteiger partial charge in [0.1, 0.15) is 5.76 Å². The highest BCUT2D eigenvalue weighted by Crippen LogP contribution is 2.31. The molecule has 4 rings (SSSR count). The molecule has 0 N–H and O–H groups in total. The van der Waals surface area contributed by atoms with E-state index < -0.39 is 0 Å². The number of nitrogens with zero attached hydrogens (tertiary/aromatic N) is 2. The van der Waals surface area contributed by atoms with Crippen LogP contribution < -0.4 is 0 Å². The maximum atomic E-state index is 12.6. The monoisotopic (exact) mass is 304 g/mol. The summed E-state index contributed by atoms with van der Waals surface area (Å²) < 4.78 is 11.3. The van der Waals surface area contributed by atoms with E-state index in [0.717, 1.165) is 45.1 Å². The lowest BCUT2D eigenvalue weighted by Crippen LogP contribution is -2.52. The average molecular weight is 304 g/mol. The van der Waals surface area contributed by atoms with Gasteiger partial charge in [0.2, 0.25) is 0 Å². The minimum atomic E-state index is 0.105. The molecule has 2 atom stereocenters. The Morgan fingerprint density at radius 1 is 1.36 bits per heavy atom. The van der Waals surface area contributed by atoms with Gasteiger partial charge in [-0.05, 0) is 38.2 Å². The Morgan fingerprint density at radius 2 is 2.23 bits per heavy atom. The lowest BCUT2D eigenvalue weighted by molar-refractivity contribution is 0.0492. The SMILES string of the molecule is Cc1occc1C(=O)N1CCN2C[C@H](OCC3CC3)C[C@H]2C1. The minimum Gasteiger partial charge on any atom is -0.469 e. The molecule has 1 saturated carbocycles. The zero-order valence-corrected chi connectivity index (χ0v) is 13.2. The number of amides is 1. The van der Waals surface area contributed by atoms with Crippen LogP contribution in [0, 0.1) is 12.8 Å². The molecule has 0 radical (unpaired) electrons. The van der Waals surface area contributed by atoms with Crippen molar-refractivity contribution in [1.82, 2.24) is 9.80 Å². The Hall–Kier alpha value is -1.33. The maximum Gasteiger partial charge on any atom is 0.257 e. The Morgan fingerprint density at radius 3 is 2.95 bits per heavy atom. The topological polar surface area (TPSA) is 45.9 Å². The van der Waals surface area contributed by atoms with Crippen LogP contribution >= 0.6 is 0 Å². The van der Waals surface area contributed by atoms with E-state index >= 15 is 0 Å². The fraction of sp³-hybridized carbons (Fsp3) is 0.706. The normalized spacial score (nSPS) is 28.9. The van der Waals surface area contributed by atoms with Crippen LogP contribution in [0.4, 0.5) is 0 Å². The Bertz CT molecular complexity index is 552. The van der Waals surface area contributed by atoms with Crippen LogP contribution in [0.2, 0.25) is 0 Å². The van der Waals surface area contributed by atoms with Crippen LogP contribution in [0.3, 0.4) is 0 Å². The number of carbonyl (C=O) groups is 1. The summed E-state index contributed by atoms with van der Waals surface area (Å²) in [6, 6.07) is 2.23. The summed E-state index contributed by atoms with van der Waals surface area (Å²) in [7, 11) is 0. The van der Waals surface area contributed by atoms with Crippen LogP contribution in [0.5, 0.6) is 0 Å². The number of furan rings is 1. The van der Waals surface area contributed by atoms with Gasteiger partial charge in [-0.25, -0.2) is 0 Å². The number of hydrogen-bond donors (Lipinski definition) is 0. The van der Waals surface area contributed by atoms with E-state index in [4.69, 9.17) is 9.15 Å². The molecule has 5 nitrogen and oxygen atoms in total. The maximum absolute atomic E-state index is 12.6. The highest BCUT2D eigenvalue weighted by molar-refractivity contribution is 5.95. The fourth-order valence-electron chi connectivity index (χ4n) is 3.64. The fourth-order valence-corrected chi connectivity index (χ4v) is 3.64. The van der Waals surface area contributed by atoms with Crippen molar-refractivity contribution < 1.29 is 13.9 Å². The average Bonchev–Trinajstić information content (AvgIpc) is 3.11. The summed E-state index contributed by atoms with van der Waals surface area (Å²) in [5, 5.41) is 0. The third-order valence-electron chi connectivity index (χ3n) is 5.22. The number of carbonyl (C=O) groups excluding carboxylic acids is 1. The predicted octanol–water partition coefficient (Wildman–Crippen LogP) is 1.91. The van der Waals surface area contributed by atoms with Crippen molar-refractivity contribution in [3.8, 4) is 0 Å². The minimum absolute atomic E-state index is 0.105. The molecule has 2 aliphatic heterocycles. The Kier molecular flexibility index (Phi) is 3.70. The second kappa shape index (κ2) is 5.70. The van der Waals surface area contributed by atoms with E-state index in [0.29, 0.717) is 23.5 Å². The van der Waals surface area contributed by atoms with E-state index in [9.17, 15) is 4.79 Å². The molecule has 1 aromatic heterocycles. The van der Waals surface area contributed by atoms with Crippen LogP contribution in [-0.2, 0) is 4.74 Å². The standard InChI is InChI=1S/C17H24N2O3/c1-12-16(4-7-21-12)17(20)19-6-5-18-10-15(8-14(18)9-19)22-11-13-2-3-13/h4,7,13-15H,2-3,5-6,8-11H2,1H3/t14-,15+/m0/s1. The van der Waals surface area contributed by atoms with Gasteiger partial charge in [-0.15, -0.1) is 0 Å². The zero-order valence-electron chi connectivity index (χ0n) is 13.2. The largest absolute Gasteiger partial charge is 0.469 e. The van der Waals surface area contributed by atoms with Crippen molar-refractivity contribution in [2.75, 3.05) is 32.8 Å². The molecule has 120 valence electrons. The van der Waals surface area contributed by atoms with Crippen molar-refractivity contribution in [2.24, 2.45) is 5.92 Å². The van der Waals surface area contributed by atoms with Crippen LogP contribution in [0.25, 0.3) is 0 Å². The second-order valence-electron chi connectivity index (χ2n) is 6.92. The molecular formula is C17H24N2O3. The quantitative estimate of drug-likeness (QED) is 0.852. The molecule has 0 spiro atoms. The summed E-state index contributed by atoms with van der Waals surface area (Å²) in [6.07, 6.45) is 5.69. The predicted molar refractivity (Wildman–Crippen MR) is 81.8 cm³/mol. The Labute approximate surface area is 131 Å². The van der Waals surface area contributed by atoms with Gasteiger partial charge < -0.3 is 14.1 Å². The lowest BCUT2D eigenvalue weighted by Gasteiger charge is -2.37. The molecule has 22 heavy (non-hydrogen) atoms. The molecule has 0 unspecified atom stereocenters. The van der Waals surface area contributed by atoms with Gasteiger partial charge in [0, 0.05) is 38.8 Å². The lowest BCUT2D eigenvalue weighted by atomic mass is 10.1. The van der Waals surface area contributed by atoms with E-state index in [-0.39, 0.29) is 5.91 Å². The molecule has 0 bridgehead atoms. The molecule has 2 saturated heterocycles. The number of hydrogen-bond acceptors (Lipinski definition) is 4. The number of piperazine rings is 1. The highest BCUT2D eigenvalue weighted by atomic mass is 16.5. The van der Waals surface area contributed by atoms with Crippen LogP contribution in [0.1, 0.15) is 35.4 Å². The third kappa shape index (κ3) is 2.79. The van der Waals surface area contributed by atoms with Crippen LogP contribution in [0.15, 0.2) is 16.7 Å². The van der Waals surface area contributed by atoms with Gasteiger partial charge in [0.05, 0.1) is 17.9 Å². The van der Waals surface area contributed by atoms with Crippen molar-refractivity contribution >= 4 is 5.91 Å². The molecule has 1 aromatic rings. The first-order chi connectivity index (χ1) is 10.7. The van der Waals surface area contributed by atoms with Gasteiger partial charge in [0.15, 0.2) is 0 Å². The first-order valence-electron chi connectivity index (χ1n) is 8.39. The Balaban J connectivity index is 1.35. The van der Waals surface area contributed by atoms with Crippen molar-refractivity contribution in [1.29, 1.82) is 0 Å². The third-order valence-corrected chi connectivity index (χ3v) is 5.22. The first-order valence-corrected chi connectivity index (χ1v) is 8.39. The molecule has 3 aliphatic rings. The van der Waals surface area contributed by atoms with E-state index in [1.807, 2.05) is 11.8 Å². The molecule has 3 heterocycles. The molecule has 0 aromatic carbocycles. The van der Waals surface area contributed by atoms with E-state index in [1.54, 1.807) is 12.3 Å². The van der Waals surface area contributed by atoms with E-state index in [1.165, 1.54) is 12.8 Å². The summed E-state index contributed by atoms with van der Waals surface area (Å²) in [5.74, 6) is 1.64. The highest BCUT2D eigenvalue weighted by Gasteiger charge is 2.38. The van der Waals surface area contributed by atoms with Gasteiger partial charge in [-0.3, -0.25) is 9.69 Å².